The monoisotopic (exact) mass is 356 g/mol. The van der Waals surface area contributed by atoms with Crippen LogP contribution in [0.4, 0.5) is 10.1 Å². The summed E-state index contributed by atoms with van der Waals surface area (Å²) >= 11 is 4.44. The lowest BCUT2D eigenvalue weighted by Gasteiger charge is -2.14. The van der Waals surface area contributed by atoms with Gasteiger partial charge in [0.2, 0.25) is 10.0 Å². The number of rotatable bonds is 5. The van der Waals surface area contributed by atoms with Gasteiger partial charge in [0.25, 0.3) is 0 Å². The second kappa shape index (κ2) is 6.23. The highest BCUT2D eigenvalue weighted by Crippen LogP contribution is 2.26. The van der Waals surface area contributed by atoms with Crippen LogP contribution in [0.25, 0.3) is 0 Å². The highest BCUT2D eigenvalue weighted by atomic mass is 79.9. The zero-order valence-corrected chi connectivity index (χ0v) is 13.1. The highest BCUT2D eigenvalue weighted by Gasteiger charge is 2.23. The van der Waals surface area contributed by atoms with Gasteiger partial charge in [0.1, 0.15) is 4.90 Å². The van der Waals surface area contributed by atoms with E-state index in [-0.39, 0.29) is 16.2 Å². The third-order valence-electron chi connectivity index (χ3n) is 2.08. The molecule has 0 aliphatic carbocycles. The minimum atomic E-state index is -3.91. The Morgan fingerprint density at radius 3 is 2.72 bits per heavy atom. The van der Waals surface area contributed by atoms with Crippen LogP contribution in [0.15, 0.2) is 21.5 Å². The van der Waals surface area contributed by atoms with Crippen LogP contribution in [-0.2, 0) is 10.0 Å². The van der Waals surface area contributed by atoms with Gasteiger partial charge in [-0.1, -0.05) is 0 Å². The van der Waals surface area contributed by atoms with Crippen LogP contribution in [0.1, 0.15) is 6.92 Å². The van der Waals surface area contributed by atoms with Crippen molar-refractivity contribution in [3.05, 3.63) is 22.4 Å². The van der Waals surface area contributed by atoms with Gasteiger partial charge in [0.05, 0.1) is 4.47 Å². The predicted octanol–water partition coefficient (Wildman–Crippen LogP) is 2.20. The summed E-state index contributed by atoms with van der Waals surface area (Å²) in [5.74, 6) is -0.238. The van der Waals surface area contributed by atoms with E-state index in [2.05, 4.69) is 20.7 Å². The quantitative estimate of drug-likeness (QED) is 0.793. The molecule has 1 atom stereocenters. The molecule has 0 heterocycles. The molecule has 8 heteroatoms. The van der Waals surface area contributed by atoms with Gasteiger partial charge in [-0.3, -0.25) is 0 Å². The minimum Gasteiger partial charge on any atom is -0.399 e. The van der Waals surface area contributed by atoms with Gasteiger partial charge >= 0.3 is 0 Å². The SMILES string of the molecule is CSCC(C)NS(=O)(=O)c1cc(N)cc(Br)c1F. The Hall–Kier alpha value is -0.310. The molecule has 0 saturated heterocycles. The first-order valence-electron chi connectivity index (χ1n) is 5.03. The normalized spacial score (nSPS) is 13.6. The molecule has 1 aromatic rings. The fraction of sp³-hybridized carbons (Fsp3) is 0.400. The van der Waals surface area contributed by atoms with Gasteiger partial charge in [-0.25, -0.2) is 17.5 Å². The fourth-order valence-corrected chi connectivity index (χ4v) is 4.07. The van der Waals surface area contributed by atoms with E-state index >= 15 is 0 Å². The summed E-state index contributed by atoms with van der Waals surface area (Å²) in [6.45, 7) is 1.72. The first-order chi connectivity index (χ1) is 8.27. The maximum Gasteiger partial charge on any atom is 0.243 e. The Balaban J connectivity index is 3.13. The first kappa shape index (κ1) is 15.7. The molecule has 4 nitrogen and oxygen atoms in total. The van der Waals surface area contributed by atoms with Gasteiger partial charge in [0.15, 0.2) is 5.82 Å². The van der Waals surface area contributed by atoms with Crippen molar-refractivity contribution in [3.8, 4) is 0 Å². The number of nitrogens with two attached hydrogens (primary N) is 1. The van der Waals surface area contributed by atoms with E-state index < -0.39 is 20.7 Å². The molecule has 0 spiro atoms. The molecule has 102 valence electrons. The van der Waals surface area contributed by atoms with Crippen molar-refractivity contribution in [1.82, 2.24) is 4.72 Å². The van der Waals surface area contributed by atoms with Crippen molar-refractivity contribution in [3.63, 3.8) is 0 Å². The number of sulfonamides is 1. The molecule has 0 radical (unpaired) electrons. The third-order valence-corrected chi connectivity index (χ3v) is 5.08. The topological polar surface area (TPSA) is 72.2 Å². The lowest BCUT2D eigenvalue weighted by Crippen LogP contribution is -2.34. The lowest BCUT2D eigenvalue weighted by molar-refractivity contribution is 0.547. The number of benzene rings is 1. The highest BCUT2D eigenvalue weighted by molar-refractivity contribution is 9.10. The van der Waals surface area contributed by atoms with Crippen molar-refractivity contribution in [2.45, 2.75) is 17.9 Å². The molecular weight excluding hydrogens is 343 g/mol. The lowest BCUT2D eigenvalue weighted by atomic mass is 10.3. The molecule has 0 aromatic heterocycles. The Kier molecular flexibility index (Phi) is 5.45. The summed E-state index contributed by atoms with van der Waals surface area (Å²) in [6.07, 6.45) is 1.86. The molecule has 3 N–H and O–H groups in total. The maximum absolute atomic E-state index is 13.8. The molecule has 0 saturated carbocycles. The van der Waals surface area contributed by atoms with Crippen LogP contribution >= 0.6 is 27.7 Å². The number of halogens is 2. The predicted molar refractivity (Wildman–Crippen MR) is 76.7 cm³/mol. The van der Waals surface area contributed by atoms with E-state index in [0.717, 1.165) is 6.07 Å². The van der Waals surface area contributed by atoms with Gasteiger partial charge in [-0.2, -0.15) is 11.8 Å². The van der Waals surface area contributed by atoms with Crippen LogP contribution in [0, 0.1) is 5.82 Å². The van der Waals surface area contributed by atoms with Crippen molar-refractivity contribution in [2.75, 3.05) is 17.7 Å². The van der Waals surface area contributed by atoms with Gasteiger partial charge in [-0.15, -0.1) is 0 Å². The summed E-state index contributed by atoms with van der Waals surface area (Å²) in [5.41, 5.74) is 5.70. The molecular formula is C10H14BrFN2O2S2. The molecule has 1 aromatic carbocycles. The molecule has 0 aliphatic heterocycles. The average molecular weight is 357 g/mol. The summed E-state index contributed by atoms with van der Waals surface area (Å²) in [5, 5.41) is 0. The zero-order chi connectivity index (χ0) is 13.9. The van der Waals surface area contributed by atoms with Crippen LogP contribution in [0.2, 0.25) is 0 Å². The van der Waals surface area contributed by atoms with Crippen molar-refractivity contribution < 1.29 is 12.8 Å². The van der Waals surface area contributed by atoms with Gasteiger partial charge < -0.3 is 5.73 Å². The Labute approximate surface area is 119 Å². The van der Waals surface area contributed by atoms with E-state index in [1.165, 1.54) is 17.8 Å². The Morgan fingerprint density at radius 1 is 1.56 bits per heavy atom. The van der Waals surface area contributed by atoms with Crippen molar-refractivity contribution in [2.24, 2.45) is 0 Å². The molecule has 1 rings (SSSR count). The summed E-state index contributed by atoms with van der Waals surface area (Å²) in [7, 11) is -3.91. The summed E-state index contributed by atoms with van der Waals surface area (Å²) in [6, 6.07) is 2.14. The van der Waals surface area contributed by atoms with E-state index in [4.69, 9.17) is 5.73 Å². The third kappa shape index (κ3) is 3.84. The number of hydrogen-bond donors (Lipinski definition) is 2. The van der Waals surface area contributed by atoms with Crippen LogP contribution < -0.4 is 10.5 Å². The van der Waals surface area contributed by atoms with Gasteiger partial charge in [0, 0.05) is 17.5 Å². The second-order valence-electron chi connectivity index (χ2n) is 3.79. The maximum atomic E-state index is 13.8. The molecule has 0 aliphatic rings. The molecule has 0 bridgehead atoms. The summed E-state index contributed by atoms with van der Waals surface area (Å²) in [4.78, 5) is -0.442. The number of thioether (sulfide) groups is 1. The largest absolute Gasteiger partial charge is 0.399 e. The molecule has 0 fully saturated rings. The number of nitrogens with one attached hydrogen (secondary N) is 1. The van der Waals surface area contributed by atoms with Crippen LogP contribution in [-0.4, -0.2) is 26.5 Å². The van der Waals surface area contributed by atoms with Crippen molar-refractivity contribution >= 4 is 43.4 Å². The second-order valence-corrected chi connectivity index (χ2v) is 7.24. The Bertz CT molecular complexity index is 537. The Morgan fingerprint density at radius 2 is 2.17 bits per heavy atom. The zero-order valence-electron chi connectivity index (χ0n) is 9.91. The van der Waals surface area contributed by atoms with Crippen LogP contribution in [0.3, 0.4) is 0 Å². The van der Waals surface area contributed by atoms with Crippen LogP contribution in [0.5, 0.6) is 0 Å². The summed E-state index contributed by atoms with van der Waals surface area (Å²) < 4.78 is 40.2. The number of anilines is 1. The number of nitrogen functional groups attached to an aromatic ring is 1. The standard InChI is InChI=1S/C10H14BrFN2O2S2/c1-6(5-17-2)14-18(15,16)9-4-7(13)3-8(11)10(9)12/h3-4,6,14H,5,13H2,1-2H3. The fourth-order valence-electron chi connectivity index (χ4n) is 1.39. The van der Waals surface area contributed by atoms with E-state index in [0.29, 0.717) is 5.75 Å². The smallest absolute Gasteiger partial charge is 0.243 e. The van der Waals surface area contributed by atoms with Crippen molar-refractivity contribution in [1.29, 1.82) is 0 Å². The molecule has 1 unspecified atom stereocenters. The molecule has 0 amide bonds. The molecule has 18 heavy (non-hydrogen) atoms. The van der Waals surface area contributed by atoms with E-state index in [1.807, 2.05) is 6.26 Å². The minimum absolute atomic E-state index is 0.0281. The van der Waals surface area contributed by atoms with Gasteiger partial charge in [-0.05, 0) is 41.2 Å². The average Bonchev–Trinajstić information content (AvgIpc) is 2.22. The van der Waals surface area contributed by atoms with E-state index in [9.17, 15) is 12.8 Å². The van der Waals surface area contributed by atoms with E-state index in [1.54, 1.807) is 6.92 Å². The number of hydrogen-bond acceptors (Lipinski definition) is 4. The first-order valence-corrected chi connectivity index (χ1v) is 8.70.